The molecule has 0 aliphatic rings. The summed E-state index contributed by atoms with van der Waals surface area (Å²) in [5.74, 6) is -3.35. The average Bonchev–Trinajstić information content (AvgIpc) is 2.41. The van der Waals surface area contributed by atoms with Gasteiger partial charge in [0.15, 0.2) is 17.3 Å². The Morgan fingerprint density at radius 3 is 2.21 bits per heavy atom. The number of carbonyl (C=O) groups excluding carboxylic acids is 1. The first-order valence-corrected chi connectivity index (χ1v) is 5.36. The van der Waals surface area contributed by atoms with Gasteiger partial charge >= 0.3 is 5.97 Å². The van der Waals surface area contributed by atoms with E-state index in [1.54, 1.807) is 0 Å². The molecular weight excluding hydrogens is 251 g/mol. The summed E-state index contributed by atoms with van der Waals surface area (Å²) in [6.45, 7) is 0. The molecule has 0 saturated heterocycles. The predicted octanol–water partition coefficient (Wildman–Crippen LogP) is 2.46. The second-order valence-corrected chi connectivity index (χ2v) is 3.85. The van der Waals surface area contributed by atoms with E-state index in [1.165, 1.54) is 30.3 Å². The third kappa shape index (κ3) is 2.44. The number of phenols is 1. The quantitative estimate of drug-likeness (QED) is 0.831. The molecule has 96 valence electrons. The maximum Gasteiger partial charge on any atom is 0.336 e. The van der Waals surface area contributed by atoms with Gasteiger partial charge in [-0.05, 0) is 24.3 Å². The molecule has 0 bridgehead atoms. The van der Waals surface area contributed by atoms with Gasteiger partial charge in [0, 0.05) is 11.1 Å². The third-order valence-corrected chi connectivity index (χ3v) is 2.61. The summed E-state index contributed by atoms with van der Waals surface area (Å²) in [6.07, 6.45) is 0. The number of carboxylic acids is 1. The molecule has 0 atom stereocenters. The fourth-order valence-electron chi connectivity index (χ4n) is 1.67. The number of aromatic hydroxyl groups is 1. The number of phenolic OH excluding ortho intramolecular Hbond substituents is 1. The standard InChI is InChI=1S/C14H9FO4/c15-11-7-8(5-6-12(11)16)13(17)9-3-1-2-4-10(9)14(18)19/h1-7,16H,(H,18,19). The van der Waals surface area contributed by atoms with Gasteiger partial charge in [0.05, 0.1) is 5.56 Å². The van der Waals surface area contributed by atoms with Gasteiger partial charge in [-0.3, -0.25) is 4.79 Å². The van der Waals surface area contributed by atoms with Crippen molar-refractivity contribution in [2.75, 3.05) is 0 Å². The van der Waals surface area contributed by atoms with E-state index in [1.807, 2.05) is 0 Å². The number of ketones is 1. The zero-order chi connectivity index (χ0) is 14.0. The first-order chi connectivity index (χ1) is 9.00. The van der Waals surface area contributed by atoms with Crippen molar-refractivity contribution < 1.29 is 24.2 Å². The zero-order valence-corrected chi connectivity index (χ0v) is 9.63. The van der Waals surface area contributed by atoms with Crippen molar-refractivity contribution in [3.8, 4) is 5.75 Å². The molecule has 0 saturated carbocycles. The molecule has 4 nitrogen and oxygen atoms in total. The van der Waals surface area contributed by atoms with Crippen LogP contribution in [0.1, 0.15) is 26.3 Å². The zero-order valence-electron chi connectivity index (χ0n) is 9.63. The van der Waals surface area contributed by atoms with Crippen molar-refractivity contribution in [1.82, 2.24) is 0 Å². The van der Waals surface area contributed by atoms with Crippen LogP contribution in [0.4, 0.5) is 4.39 Å². The van der Waals surface area contributed by atoms with E-state index in [0.717, 1.165) is 12.1 Å². The number of hydrogen-bond donors (Lipinski definition) is 2. The van der Waals surface area contributed by atoms with Crippen LogP contribution in [-0.2, 0) is 0 Å². The van der Waals surface area contributed by atoms with Crippen molar-refractivity contribution in [3.63, 3.8) is 0 Å². The lowest BCUT2D eigenvalue weighted by atomic mass is 9.98. The summed E-state index contributed by atoms with van der Waals surface area (Å²) in [4.78, 5) is 23.1. The lowest BCUT2D eigenvalue weighted by Gasteiger charge is -2.05. The molecule has 19 heavy (non-hydrogen) atoms. The summed E-state index contributed by atoms with van der Waals surface area (Å²) >= 11 is 0. The monoisotopic (exact) mass is 260 g/mol. The van der Waals surface area contributed by atoms with Crippen LogP contribution in [-0.4, -0.2) is 22.0 Å². The van der Waals surface area contributed by atoms with Crippen molar-refractivity contribution in [2.45, 2.75) is 0 Å². The SMILES string of the molecule is O=C(O)c1ccccc1C(=O)c1ccc(O)c(F)c1. The topological polar surface area (TPSA) is 74.6 Å². The molecule has 2 N–H and O–H groups in total. The molecule has 0 fully saturated rings. The van der Waals surface area contributed by atoms with Crippen molar-refractivity contribution in [2.24, 2.45) is 0 Å². The van der Waals surface area contributed by atoms with Crippen molar-refractivity contribution in [3.05, 3.63) is 65.0 Å². The van der Waals surface area contributed by atoms with Gasteiger partial charge in [0.25, 0.3) is 0 Å². The second-order valence-electron chi connectivity index (χ2n) is 3.85. The highest BCUT2D eigenvalue weighted by molar-refractivity contribution is 6.14. The number of rotatable bonds is 3. The fourth-order valence-corrected chi connectivity index (χ4v) is 1.67. The lowest BCUT2D eigenvalue weighted by Crippen LogP contribution is -2.09. The Hall–Kier alpha value is -2.69. The van der Waals surface area contributed by atoms with Crippen LogP contribution >= 0.6 is 0 Å². The molecule has 2 rings (SSSR count). The Balaban J connectivity index is 2.50. The minimum Gasteiger partial charge on any atom is -0.505 e. The largest absolute Gasteiger partial charge is 0.505 e. The first-order valence-electron chi connectivity index (χ1n) is 5.36. The van der Waals surface area contributed by atoms with Crippen LogP contribution in [0.5, 0.6) is 5.75 Å². The summed E-state index contributed by atoms with van der Waals surface area (Å²) in [7, 11) is 0. The van der Waals surface area contributed by atoms with Gasteiger partial charge in [0.1, 0.15) is 0 Å². The van der Waals surface area contributed by atoms with E-state index in [-0.39, 0.29) is 16.7 Å². The minimum absolute atomic E-state index is 0.0241. The van der Waals surface area contributed by atoms with E-state index in [0.29, 0.717) is 0 Å². The molecular formula is C14H9FO4. The molecule has 0 aliphatic carbocycles. The van der Waals surface area contributed by atoms with Gasteiger partial charge < -0.3 is 10.2 Å². The molecule has 0 heterocycles. The number of carbonyl (C=O) groups is 2. The van der Waals surface area contributed by atoms with E-state index in [9.17, 15) is 14.0 Å². The Labute approximate surface area is 107 Å². The highest BCUT2D eigenvalue weighted by atomic mass is 19.1. The van der Waals surface area contributed by atoms with Crippen LogP contribution in [0, 0.1) is 5.82 Å². The minimum atomic E-state index is -1.23. The maximum atomic E-state index is 13.2. The normalized spacial score (nSPS) is 10.2. The van der Waals surface area contributed by atoms with Gasteiger partial charge in [-0.15, -0.1) is 0 Å². The fraction of sp³-hybridized carbons (Fsp3) is 0. The van der Waals surface area contributed by atoms with Gasteiger partial charge in [-0.2, -0.15) is 0 Å². The molecule has 2 aromatic rings. The Kier molecular flexibility index (Phi) is 3.29. The molecule has 5 heteroatoms. The summed E-state index contributed by atoms with van der Waals surface area (Å²) in [5.41, 5.74) is -0.204. The van der Waals surface area contributed by atoms with Crippen LogP contribution in [0.2, 0.25) is 0 Å². The van der Waals surface area contributed by atoms with Crippen molar-refractivity contribution >= 4 is 11.8 Å². The molecule has 0 amide bonds. The molecule has 0 unspecified atom stereocenters. The highest BCUT2D eigenvalue weighted by Gasteiger charge is 2.18. The van der Waals surface area contributed by atoms with E-state index in [2.05, 4.69) is 0 Å². The number of aromatic carboxylic acids is 1. The second kappa shape index (κ2) is 4.89. The van der Waals surface area contributed by atoms with Crippen LogP contribution in [0.3, 0.4) is 0 Å². The molecule has 2 aromatic carbocycles. The lowest BCUT2D eigenvalue weighted by molar-refractivity contribution is 0.0693. The van der Waals surface area contributed by atoms with Gasteiger partial charge in [0.2, 0.25) is 0 Å². The highest BCUT2D eigenvalue weighted by Crippen LogP contribution is 2.20. The van der Waals surface area contributed by atoms with Crippen LogP contribution < -0.4 is 0 Å². The van der Waals surface area contributed by atoms with E-state index < -0.39 is 23.3 Å². The van der Waals surface area contributed by atoms with Gasteiger partial charge in [-0.25, -0.2) is 9.18 Å². The summed E-state index contributed by atoms with van der Waals surface area (Å²) in [6, 6.07) is 8.83. The number of hydrogen-bond acceptors (Lipinski definition) is 3. The number of benzene rings is 2. The number of carboxylic acid groups (broad SMARTS) is 1. The van der Waals surface area contributed by atoms with Crippen LogP contribution in [0.25, 0.3) is 0 Å². The maximum absolute atomic E-state index is 13.2. The molecule has 0 aliphatic heterocycles. The Morgan fingerprint density at radius 1 is 1.00 bits per heavy atom. The molecule has 0 radical (unpaired) electrons. The smallest absolute Gasteiger partial charge is 0.336 e. The number of halogens is 1. The van der Waals surface area contributed by atoms with E-state index in [4.69, 9.17) is 10.2 Å². The average molecular weight is 260 g/mol. The predicted molar refractivity (Wildman–Crippen MR) is 64.9 cm³/mol. The van der Waals surface area contributed by atoms with Gasteiger partial charge in [-0.1, -0.05) is 18.2 Å². The summed E-state index contributed by atoms with van der Waals surface area (Å²) < 4.78 is 13.2. The first kappa shape index (κ1) is 12.8. The van der Waals surface area contributed by atoms with Crippen LogP contribution in [0.15, 0.2) is 42.5 Å². The molecule has 0 spiro atoms. The summed E-state index contributed by atoms with van der Waals surface area (Å²) in [5, 5.41) is 18.1. The molecule has 0 aromatic heterocycles. The third-order valence-electron chi connectivity index (χ3n) is 2.61. The van der Waals surface area contributed by atoms with Crippen molar-refractivity contribution in [1.29, 1.82) is 0 Å². The van der Waals surface area contributed by atoms with E-state index >= 15 is 0 Å². The Morgan fingerprint density at radius 2 is 1.63 bits per heavy atom. The Bertz CT molecular complexity index is 664.